The highest BCUT2D eigenvalue weighted by Crippen LogP contribution is 2.38. The third-order valence-electron chi connectivity index (χ3n) is 5.42. The number of nitrogens with one attached hydrogen (secondary N) is 1. The third kappa shape index (κ3) is 4.15. The van der Waals surface area contributed by atoms with Crippen molar-refractivity contribution in [1.82, 2.24) is 15.3 Å². The summed E-state index contributed by atoms with van der Waals surface area (Å²) in [6.45, 7) is 0.195. The molecule has 4 aromatic rings. The van der Waals surface area contributed by atoms with E-state index in [1.165, 1.54) is 6.07 Å². The molecule has 3 heterocycles. The molecule has 7 nitrogen and oxygen atoms in total. The van der Waals surface area contributed by atoms with Gasteiger partial charge in [0, 0.05) is 29.9 Å². The molecule has 0 bridgehead atoms. The molecule has 0 radical (unpaired) electrons. The number of aromatic nitrogens is 2. The molecule has 8 heteroatoms. The first-order chi connectivity index (χ1) is 16.1. The number of carbonyl (C=O) groups excluding carboxylic acids is 1. The Morgan fingerprint density at radius 2 is 1.91 bits per heavy atom. The number of carbonyl (C=O) groups is 1. The first-order valence-electron chi connectivity index (χ1n) is 10.4. The molecular formula is C25H20FN3O4. The van der Waals surface area contributed by atoms with Gasteiger partial charge in [-0.1, -0.05) is 0 Å². The van der Waals surface area contributed by atoms with Crippen LogP contribution in [0.3, 0.4) is 0 Å². The smallest absolute Gasteiger partial charge is 0.287 e. The van der Waals surface area contributed by atoms with Gasteiger partial charge >= 0.3 is 0 Å². The molecule has 5 rings (SSSR count). The van der Waals surface area contributed by atoms with E-state index in [0.717, 1.165) is 11.3 Å². The molecule has 1 aliphatic rings. The maximum Gasteiger partial charge on any atom is 0.287 e. The highest BCUT2D eigenvalue weighted by atomic mass is 19.1. The zero-order valence-electron chi connectivity index (χ0n) is 17.7. The number of halogens is 1. The van der Waals surface area contributed by atoms with Crippen LogP contribution in [0.2, 0.25) is 0 Å². The molecule has 1 N–H and O–H groups in total. The second-order valence-corrected chi connectivity index (χ2v) is 7.52. The number of amides is 1. The van der Waals surface area contributed by atoms with Crippen molar-refractivity contribution in [2.45, 2.75) is 12.5 Å². The summed E-state index contributed by atoms with van der Waals surface area (Å²) in [6.07, 6.45) is 3.15. The van der Waals surface area contributed by atoms with Crippen molar-refractivity contribution in [2.75, 3.05) is 13.7 Å². The van der Waals surface area contributed by atoms with Crippen molar-refractivity contribution < 1.29 is 23.1 Å². The predicted molar refractivity (Wildman–Crippen MR) is 119 cm³/mol. The summed E-state index contributed by atoms with van der Waals surface area (Å²) in [5.41, 5.74) is 1.91. The zero-order chi connectivity index (χ0) is 22.8. The fraction of sp³-hybridized carbons (Fsp3) is 0.160. The van der Waals surface area contributed by atoms with E-state index < -0.39 is 6.10 Å². The lowest BCUT2D eigenvalue weighted by atomic mass is 10.0. The molecule has 0 aliphatic carbocycles. The van der Waals surface area contributed by atoms with Crippen LogP contribution in [0.25, 0.3) is 22.7 Å². The summed E-state index contributed by atoms with van der Waals surface area (Å²) < 4.78 is 31.2. The standard InChI is InChI=1S/C25H20FN3O4/c1-31-16-5-3-15(4-6-16)21-9-10-22(33-21)25(30)29-14-17-13-19-20(26)8-7-18(23(19)32-17)24-27-11-2-12-28-24/h2-12,17H,13-14H2,1H3,(H,29,30)/t17-/m1/s1. The number of fused-ring (bicyclic) bond motifs is 1. The maximum atomic E-state index is 14.4. The minimum absolute atomic E-state index is 0.181. The van der Waals surface area contributed by atoms with Crippen LogP contribution in [0, 0.1) is 5.82 Å². The number of benzene rings is 2. The van der Waals surface area contributed by atoms with Gasteiger partial charge in [0.25, 0.3) is 5.91 Å². The molecule has 0 saturated carbocycles. The molecule has 0 spiro atoms. The minimum atomic E-state index is -0.417. The van der Waals surface area contributed by atoms with Crippen LogP contribution in [-0.4, -0.2) is 35.6 Å². The average Bonchev–Trinajstić information content (AvgIpc) is 3.52. The second kappa shape index (κ2) is 8.74. The minimum Gasteiger partial charge on any atom is -0.497 e. The van der Waals surface area contributed by atoms with E-state index in [4.69, 9.17) is 13.9 Å². The molecule has 1 aliphatic heterocycles. The van der Waals surface area contributed by atoms with E-state index in [0.29, 0.717) is 34.9 Å². The number of furan rings is 1. The fourth-order valence-electron chi connectivity index (χ4n) is 3.76. The van der Waals surface area contributed by atoms with Crippen molar-refractivity contribution in [3.05, 3.63) is 84.1 Å². The highest BCUT2D eigenvalue weighted by Gasteiger charge is 2.30. The van der Waals surface area contributed by atoms with Gasteiger partial charge < -0.3 is 19.2 Å². The van der Waals surface area contributed by atoms with Crippen LogP contribution < -0.4 is 14.8 Å². The van der Waals surface area contributed by atoms with Crippen LogP contribution in [0.4, 0.5) is 4.39 Å². The van der Waals surface area contributed by atoms with Crippen molar-refractivity contribution in [3.63, 3.8) is 0 Å². The Morgan fingerprint density at radius 1 is 1.12 bits per heavy atom. The largest absolute Gasteiger partial charge is 0.497 e. The van der Waals surface area contributed by atoms with Gasteiger partial charge in [0.05, 0.1) is 19.2 Å². The Morgan fingerprint density at radius 3 is 2.67 bits per heavy atom. The van der Waals surface area contributed by atoms with Crippen LogP contribution in [-0.2, 0) is 6.42 Å². The molecule has 1 atom stereocenters. The average molecular weight is 445 g/mol. The molecular weight excluding hydrogens is 425 g/mol. The van der Waals surface area contributed by atoms with E-state index in [1.807, 2.05) is 24.3 Å². The van der Waals surface area contributed by atoms with Gasteiger partial charge in [-0.3, -0.25) is 4.79 Å². The van der Waals surface area contributed by atoms with Gasteiger partial charge in [-0.2, -0.15) is 0 Å². The van der Waals surface area contributed by atoms with Crippen LogP contribution in [0.1, 0.15) is 16.1 Å². The molecule has 0 unspecified atom stereocenters. The normalized spacial score (nSPS) is 14.4. The summed E-state index contributed by atoms with van der Waals surface area (Å²) in [5, 5.41) is 2.81. The molecule has 1 amide bonds. The molecule has 33 heavy (non-hydrogen) atoms. The number of nitrogens with zero attached hydrogens (tertiary/aromatic N) is 2. The van der Waals surface area contributed by atoms with Gasteiger partial charge in [-0.15, -0.1) is 0 Å². The lowest BCUT2D eigenvalue weighted by Gasteiger charge is -2.12. The molecule has 0 saturated heterocycles. The Hall–Kier alpha value is -4.20. The van der Waals surface area contributed by atoms with Crippen molar-refractivity contribution >= 4 is 5.91 Å². The van der Waals surface area contributed by atoms with E-state index >= 15 is 0 Å². The van der Waals surface area contributed by atoms with Crippen molar-refractivity contribution in [3.8, 4) is 34.2 Å². The van der Waals surface area contributed by atoms with Gasteiger partial charge in [-0.25, -0.2) is 14.4 Å². The number of ether oxygens (including phenoxy) is 2. The predicted octanol–water partition coefficient (Wildman–Crippen LogP) is 4.28. The van der Waals surface area contributed by atoms with Crippen LogP contribution >= 0.6 is 0 Å². The topological polar surface area (TPSA) is 86.5 Å². The van der Waals surface area contributed by atoms with E-state index in [1.54, 1.807) is 43.8 Å². The Balaban J connectivity index is 1.25. The summed E-state index contributed by atoms with van der Waals surface area (Å²) in [4.78, 5) is 21.1. The molecule has 2 aromatic carbocycles. The number of methoxy groups -OCH3 is 1. The first kappa shape index (κ1) is 20.7. The van der Waals surface area contributed by atoms with Gasteiger partial charge in [0.2, 0.25) is 0 Å². The van der Waals surface area contributed by atoms with Crippen molar-refractivity contribution in [2.24, 2.45) is 0 Å². The van der Waals surface area contributed by atoms with Gasteiger partial charge in [0.1, 0.15) is 29.2 Å². The third-order valence-corrected chi connectivity index (χ3v) is 5.42. The summed E-state index contributed by atoms with van der Waals surface area (Å²) in [5.74, 6) is 1.64. The first-order valence-corrected chi connectivity index (χ1v) is 10.4. The Bertz CT molecular complexity index is 1290. The van der Waals surface area contributed by atoms with Gasteiger partial charge in [-0.05, 0) is 54.6 Å². The zero-order valence-corrected chi connectivity index (χ0v) is 17.7. The number of hydrogen-bond donors (Lipinski definition) is 1. The lowest BCUT2D eigenvalue weighted by Crippen LogP contribution is -2.34. The summed E-state index contributed by atoms with van der Waals surface area (Å²) in [7, 11) is 1.60. The molecule has 0 fully saturated rings. The van der Waals surface area contributed by atoms with E-state index in [-0.39, 0.29) is 24.0 Å². The second-order valence-electron chi connectivity index (χ2n) is 7.52. The monoisotopic (exact) mass is 445 g/mol. The van der Waals surface area contributed by atoms with Crippen molar-refractivity contribution in [1.29, 1.82) is 0 Å². The van der Waals surface area contributed by atoms with E-state index in [9.17, 15) is 9.18 Å². The highest BCUT2D eigenvalue weighted by molar-refractivity contribution is 5.92. The maximum absolute atomic E-state index is 14.4. The fourth-order valence-corrected chi connectivity index (χ4v) is 3.76. The Labute approximate surface area is 189 Å². The SMILES string of the molecule is COc1ccc(-c2ccc(C(=O)NC[C@H]3Cc4c(F)ccc(-c5ncccn5)c4O3)o2)cc1. The lowest BCUT2D eigenvalue weighted by molar-refractivity contribution is 0.0907. The van der Waals surface area contributed by atoms with Crippen LogP contribution in [0.5, 0.6) is 11.5 Å². The van der Waals surface area contributed by atoms with Crippen LogP contribution in [0.15, 0.2) is 71.4 Å². The van der Waals surface area contributed by atoms with E-state index in [2.05, 4.69) is 15.3 Å². The summed E-state index contributed by atoms with van der Waals surface area (Å²) >= 11 is 0. The number of rotatable bonds is 6. The quantitative estimate of drug-likeness (QED) is 0.477. The molecule has 166 valence electrons. The Kier molecular flexibility index (Phi) is 5.48. The number of hydrogen-bond acceptors (Lipinski definition) is 6. The molecule has 2 aromatic heterocycles. The summed E-state index contributed by atoms with van der Waals surface area (Å²) in [6, 6.07) is 15.4. The van der Waals surface area contributed by atoms with Gasteiger partial charge in [0.15, 0.2) is 11.6 Å².